The Balaban J connectivity index is 2.34. The van der Waals surface area contributed by atoms with E-state index in [4.69, 9.17) is 5.73 Å². The van der Waals surface area contributed by atoms with E-state index in [0.717, 1.165) is 26.1 Å². The van der Waals surface area contributed by atoms with Crippen LogP contribution in [0.1, 0.15) is 26.7 Å². The van der Waals surface area contributed by atoms with Gasteiger partial charge in [0.05, 0.1) is 5.41 Å². The second kappa shape index (κ2) is 5.64. The summed E-state index contributed by atoms with van der Waals surface area (Å²) in [5, 5.41) is 3.04. The monoisotopic (exact) mass is 227 g/mol. The Morgan fingerprint density at radius 1 is 1.62 bits per heavy atom. The standard InChI is InChI=1S/C12H25N3O/c1-4-12(2,9-13)11(16)14-7-10-5-6-15(3)8-10/h10H,4-9,13H2,1-3H3,(H,14,16). The lowest BCUT2D eigenvalue weighted by Crippen LogP contribution is -2.45. The van der Waals surface area contributed by atoms with Crippen LogP contribution in [0.25, 0.3) is 0 Å². The van der Waals surface area contributed by atoms with Gasteiger partial charge in [0.25, 0.3) is 0 Å². The maximum absolute atomic E-state index is 12.0. The van der Waals surface area contributed by atoms with E-state index in [1.807, 2.05) is 13.8 Å². The number of hydrogen-bond donors (Lipinski definition) is 2. The topological polar surface area (TPSA) is 58.4 Å². The first-order valence-electron chi connectivity index (χ1n) is 6.18. The van der Waals surface area contributed by atoms with E-state index in [1.165, 1.54) is 6.42 Å². The van der Waals surface area contributed by atoms with Crippen molar-refractivity contribution in [3.63, 3.8) is 0 Å². The van der Waals surface area contributed by atoms with Crippen molar-refractivity contribution in [1.29, 1.82) is 0 Å². The van der Waals surface area contributed by atoms with Gasteiger partial charge in [-0.1, -0.05) is 6.92 Å². The minimum Gasteiger partial charge on any atom is -0.355 e. The summed E-state index contributed by atoms with van der Waals surface area (Å²) in [5.74, 6) is 0.708. The second-order valence-corrected chi connectivity index (χ2v) is 5.25. The van der Waals surface area contributed by atoms with Gasteiger partial charge in [-0.05, 0) is 39.3 Å². The lowest BCUT2D eigenvalue weighted by molar-refractivity contribution is -0.130. The van der Waals surface area contributed by atoms with E-state index in [2.05, 4.69) is 17.3 Å². The molecule has 0 aromatic carbocycles. The van der Waals surface area contributed by atoms with Gasteiger partial charge in [0.15, 0.2) is 0 Å². The van der Waals surface area contributed by atoms with Crippen molar-refractivity contribution in [1.82, 2.24) is 10.2 Å². The van der Waals surface area contributed by atoms with Crippen LogP contribution in [-0.2, 0) is 4.79 Å². The fraction of sp³-hybridized carbons (Fsp3) is 0.917. The summed E-state index contributed by atoms with van der Waals surface area (Å²) in [5.41, 5.74) is 5.26. The molecule has 4 heteroatoms. The van der Waals surface area contributed by atoms with Gasteiger partial charge in [-0.25, -0.2) is 0 Å². The predicted octanol–water partition coefficient (Wildman–Crippen LogP) is 0.429. The average molecular weight is 227 g/mol. The number of carbonyl (C=O) groups excluding carboxylic acids is 1. The van der Waals surface area contributed by atoms with Crippen molar-refractivity contribution in [3.8, 4) is 0 Å². The number of carbonyl (C=O) groups is 1. The van der Waals surface area contributed by atoms with E-state index >= 15 is 0 Å². The van der Waals surface area contributed by atoms with Gasteiger partial charge >= 0.3 is 0 Å². The fourth-order valence-electron chi connectivity index (χ4n) is 2.04. The lowest BCUT2D eigenvalue weighted by Gasteiger charge is -2.25. The third kappa shape index (κ3) is 3.19. The molecule has 0 radical (unpaired) electrons. The zero-order chi connectivity index (χ0) is 12.2. The SMILES string of the molecule is CCC(C)(CN)C(=O)NCC1CCN(C)C1. The maximum atomic E-state index is 12.0. The van der Waals surface area contributed by atoms with Crippen molar-refractivity contribution in [3.05, 3.63) is 0 Å². The van der Waals surface area contributed by atoms with Crippen molar-refractivity contribution < 1.29 is 4.79 Å². The quantitative estimate of drug-likeness (QED) is 0.716. The highest BCUT2D eigenvalue weighted by Crippen LogP contribution is 2.20. The Morgan fingerprint density at radius 3 is 2.75 bits per heavy atom. The van der Waals surface area contributed by atoms with E-state index in [1.54, 1.807) is 0 Å². The molecule has 4 nitrogen and oxygen atoms in total. The number of nitrogens with two attached hydrogens (primary N) is 1. The van der Waals surface area contributed by atoms with E-state index in [0.29, 0.717) is 12.5 Å². The molecule has 3 N–H and O–H groups in total. The van der Waals surface area contributed by atoms with Gasteiger partial charge in [0, 0.05) is 19.6 Å². The third-order valence-electron chi connectivity index (χ3n) is 3.82. The summed E-state index contributed by atoms with van der Waals surface area (Å²) in [6.45, 7) is 7.38. The van der Waals surface area contributed by atoms with Crippen LogP contribution in [0.5, 0.6) is 0 Å². The highest BCUT2D eigenvalue weighted by molar-refractivity contribution is 5.82. The van der Waals surface area contributed by atoms with Gasteiger partial charge < -0.3 is 16.0 Å². The van der Waals surface area contributed by atoms with Crippen LogP contribution < -0.4 is 11.1 Å². The number of likely N-dealkylation sites (tertiary alicyclic amines) is 1. The molecule has 1 aliphatic rings. The minimum atomic E-state index is -0.398. The molecule has 1 rings (SSSR count). The summed E-state index contributed by atoms with van der Waals surface area (Å²) < 4.78 is 0. The molecule has 0 spiro atoms. The van der Waals surface area contributed by atoms with Crippen molar-refractivity contribution >= 4 is 5.91 Å². The number of amides is 1. The molecule has 1 amide bonds. The highest BCUT2D eigenvalue weighted by Gasteiger charge is 2.30. The summed E-state index contributed by atoms with van der Waals surface area (Å²) in [6.07, 6.45) is 1.97. The van der Waals surface area contributed by atoms with Gasteiger partial charge in [-0.3, -0.25) is 4.79 Å². The Morgan fingerprint density at radius 2 is 2.31 bits per heavy atom. The predicted molar refractivity (Wildman–Crippen MR) is 66.1 cm³/mol. The summed E-state index contributed by atoms with van der Waals surface area (Å²) in [6, 6.07) is 0. The molecule has 1 heterocycles. The first-order chi connectivity index (χ1) is 7.51. The number of hydrogen-bond acceptors (Lipinski definition) is 3. The summed E-state index contributed by atoms with van der Waals surface area (Å²) >= 11 is 0. The molecular weight excluding hydrogens is 202 g/mol. The molecule has 2 atom stereocenters. The van der Waals surface area contributed by atoms with Crippen LogP contribution in [0.4, 0.5) is 0 Å². The molecule has 0 aromatic rings. The van der Waals surface area contributed by atoms with E-state index < -0.39 is 5.41 Å². The van der Waals surface area contributed by atoms with Gasteiger partial charge in [-0.2, -0.15) is 0 Å². The Hall–Kier alpha value is -0.610. The molecule has 1 aliphatic heterocycles. The average Bonchev–Trinajstić information content (AvgIpc) is 2.70. The minimum absolute atomic E-state index is 0.104. The summed E-state index contributed by atoms with van der Waals surface area (Å²) in [7, 11) is 2.12. The van der Waals surface area contributed by atoms with Gasteiger partial charge in [-0.15, -0.1) is 0 Å². The molecule has 16 heavy (non-hydrogen) atoms. The van der Waals surface area contributed by atoms with Crippen LogP contribution in [0, 0.1) is 11.3 Å². The Bertz CT molecular complexity index is 238. The zero-order valence-corrected chi connectivity index (χ0v) is 10.8. The Labute approximate surface area is 98.6 Å². The molecule has 1 fully saturated rings. The molecular formula is C12H25N3O. The maximum Gasteiger partial charge on any atom is 0.227 e. The number of nitrogens with zero attached hydrogens (tertiary/aromatic N) is 1. The smallest absolute Gasteiger partial charge is 0.227 e. The van der Waals surface area contributed by atoms with Crippen LogP contribution in [0.15, 0.2) is 0 Å². The fourth-order valence-corrected chi connectivity index (χ4v) is 2.04. The molecule has 0 aliphatic carbocycles. The molecule has 1 saturated heterocycles. The van der Waals surface area contributed by atoms with Crippen LogP contribution in [0.2, 0.25) is 0 Å². The molecule has 2 unspecified atom stereocenters. The molecule has 94 valence electrons. The van der Waals surface area contributed by atoms with Crippen LogP contribution in [-0.4, -0.2) is 44.0 Å². The van der Waals surface area contributed by atoms with Gasteiger partial charge in [0.2, 0.25) is 5.91 Å². The van der Waals surface area contributed by atoms with E-state index in [9.17, 15) is 4.79 Å². The van der Waals surface area contributed by atoms with Crippen molar-refractivity contribution in [2.24, 2.45) is 17.1 Å². The van der Waals surface area contributed by atoms with Crippen molar-refractivity contribution in [2.45, 2.75) is 26.7 Å². The normalized spacial score (nSPS) is 25.4. The molecule has 0 aromatic heterocycles. The van der Waals surface area contributed by atoms with Crippen LogP contribution >= 0.6 is 0 Å². The second-order valence-electron chi connectivity index (χ2n) is 5.25. The zero-order valence-electron chi connectivity index (χ0n) is 10.8. The largest absolute Gasteiger partial charge is 0.355 e. The highest BCUT2D eigenvalue weighted by atomic mass is 16.2. The lowest BCUT2D eigenvalue weighted by atomic mass is 9.86. The van der Waals surface area contributed by atoms with E-state index in [-0.39, 0.29) is 5.91 Å². The Kier molecular flexibility index (Phi) is 4.74. The molecule has 0 saturated carbocycles. The number of nitrogens with one attached hydrogen (secondary N) is 1. The van der Waals surface area contributed by atoms with Crippen molar-refractivity contribution in [2.75, 3.05) is 33.2 Å². The first kappa shape index (κ1) is 13.5. The first-order valence-corrected chi connectivity index (χ1v) is 6.18. The molecule has 0 bridgehead atoms. The number of rotatable bonds is 5. The van der Waals surface area contributed by atoms with Crippen LogP contribution in [0.3, 0.4) is 0 Å². The van der Waals surface area contributed by atoms with Gasteiger partial charge in [0.1, 0.15) is 0 Å². The summed E-state index contributed by atoms with van der Waals surface area (Å²) in [4.78, 5) is 14.3. The third-order valence-corrected chi connectivity index (χ3v) is 3.82.